The Bertz CT molecular complexity index is 1370. The predicted octanol–water partition coefficient (Wildman–Crippen LogP) is 4.84. The highest BCUT2D eigenvalue weighted by Gasteiger charge is 2.29. The lowest BCUT2D eigenvalue weighted by Crippen LogP contribution is -2.34. The normalized spacial score (nSPS) is 16.3. The molecule has 3 aromatic rings. The second-order valence-corrected chi connectivity index (χ2v) is 10.5. The van der Waals surface area contributed by atoms with Crippen molar-refractivity contribution in [2.45, 2.75) is 76.7 Å². The van der Waals surface area contributed by atoms with Crippen LogP contribution >= 0.6 is 0 Å². The van der Waals surface area contributed by atoms with E-state index in [1.807, 2.05) is 13.0 Å². The molecule has 0 aliphatic heterocycles. The van der Waals surface area contributed by atoms with E-state index in [2.05, 4.69) is 15.1 Å². The number of nitrogens with zero attached hydrogens (tertiary/aromatic N) is 5. The van der Waals surface area contributed by atoms with Gasteiger partial charge in [0.05, 0.1) is 23.6 Å². The lowest BCUT2D eigenvalue weighted by Gasteiger charge is -2.23. The van der Waals surface area contributed by atoms with Crippen LogP contribution < -0.4 is 17.1 Å². The number of alkyl halides is 2. The van der Waals surface area contributed by atoms with E-state index in [1.165, 1.54) is 23.9 Å². The molecular weight excluding hydrogens is 519 g/mol. The van der Waals surface area contributed by atoms with Gasteiger partial charge in [-0.15, -0.1) is 0 Å². The highest BCUT2D eigenvalue weighted by Crippen LogP contribution is 2.40. The number of hydrogen-bond donors (Lipinski definition) is 2. The summed E-state index contributed by atoms with van der Waals surface area (Å²) in [5, 5.41) is 5.16. The van der Waals surface area contributed by atoms with Crippen molar-refractivity contribution in [1.29, 1.82) is 0 Å². The fourth-order valence-electron chi connectivity index (χ4n) is 5.04. The Morgan fingerprint density at radius 1 is 1.07 bits per heavy atom. The molecule has 0 saturated heterocycles. The van der Waals surface area contributed by atoms with Crippen LogP contribution in [0.2, 0.25) is 0 Å². The van der Waals surface area contributed by atoms with E-state index in [0.717, 1.165) is 61.2 Å². The molecule has 5 rings (SSSR count). The van der Waals surface area contributed by atoms with Crippen LogP contribution in [0.25, 0.3) is 5.70 Å². The van der Waals surface area contributed by atoms with Crippen molar-refractivity contribution in [3.63, 3.8) is 0 Å². The van der Waals surface area contributed by atoms with Gasteiger partial charge in [-0.25, -0.2) is 23.7 Å². The van der Waals surface area contributed by atoms with Gasteiger partial charge in [0.15, 0.2) is 0 Å². The van der Waals surface area contributed by atoms with Gasteiger partial charge in [0, 0.05) is 30.9 Å². The van der Waals surface area contributed by atoms with Gasteiger partial charge in [0.25, 0.3) is 12.0 Å². The Kier molecular flexibility index (Phi) is 9.57. The second kappa shape index (κ2) is 13.1. The number of allylic oxidation sites excluding steroid dienone is 1. The number of benzene rings is 1. The maximum atomic E-state index is 13.6. The molecule has 0 unspecified atom stereocenters. The van der Waals surface area contributed by atoms with Gasteiger partial charge in [0.2, 0.25) is 0 Å². The summed E-state index contributed by atoms with van der Waals surface area (Å²) in [7, 11) is 1.30. The third kappa shape index (κ3) is 7.26. The number of aromatic nitrogens is 4. The minimum Gasteiger partial charge on any atom is -0.395 e. The van der Waals surface area contributed by atoms with Crippen molar-refractivity contribution in [3.05, 3.63) is 92.8 Å². The van der Waals surface area contributed by atoms with E-state index in [9.17, 15) is 18.0 Å². The molecule has 2 aromatic heterocycles. The van der Waals surface area contributed by atoms with Gasteiger partial charge >= 0.3 is 0 Å². The standard InChI is InChI=1S/C22H29F2N7O.C7H7F/c1-30(26)20(21(23)24)18(25)16-11-15(13-5-3-2-4-6-13)22(32)31(29-16)12-17-19(14-7-8-14)28-10-9-27-17;1-6-3-2-4-7(8)5-6/h9-11,13-14,21H,2-8,12,25-26H2,1H3;2-5H,1H3/b20-18-;. The Balaban J connectivity index is 0.000000398. The van der Waals surface area contributed by atoms with Crippen LogP contribution in [-0.2, 0) is 6.54 Å². The molecule has 1 aromatic carbocycles. The number of hydrogen-bond acceptors (Lipinski definition) is 7. The molecular formula is C29H36F3N7O. The lowest BCUT2D eigenvalue weighted by molar-refractivity contribution is 0.150. The Hall–Kier alpha value is -3.73. The van der Waals surface area contributed by atoms with Crippen LogP contribution in [-0.4, -0.2) is 38.2 Å². The van der Waals surface area contributed by atoms with Crippen LogP contribution in [0, 0.1) is 12.7 Å². The topological polar surface area (TPSA) is 116 Å². The number of nitrogens with two attached hydrogens (primary N) is 2. The number of halogens is 3. The molecule has 40 heavy (non-hydrogen) atoms. The first kappa shape index (κ1) is 29.3. The minimum absolute atomic E-state index is 0.0485. The average molecular weight is 556 g/mol. The molecule has 2 fully saturated rings. The van der Waals surface area contributed by atoms with E-state index >= 15 is 0 Å². The summed E-state index contributed by atoms with van der Waals surface area (Å²) in [6.07, 6.45) is 7.35. The summed E-state index contributed by atoms with van der Waals surface area (Å²) in [4.78, 5) is 22.3. The summed E-state index contributed by atoms with van der Waals surface area (Å²) in [6.45, 7) is 1.98. The molecule has 2 aliphatic rings. The van der Waals surface area contributed by atoms with Gasteiger partial charge in [-0.1, -0.05) is 31.4 Å². The van der Waals surface area contributed by atoms with Crippen molar-refractivity contribution < 1.29 is 13.2 Å². The summed E-state index contributed by atoms with van der Waals surface area (Å²) in [6, 6.07) is 8.06. The molecule has 0 spiro atoms. The number of rotatable bonds is 7. The fraction of sp³-hybridized carbons (Fsp3) is 0.448. The zero-order valence-corrected chi connectivity index (χ0v) is 22.9. The van der Waals surface area contributed by atoms with E-state index in [4.69, 9.17) is 11.6 Å². The van der Waals surface area contributed by atoms with E-state index in [1.54, 1.807) is 24.5 Å². The van der Waals surface area contributed by atoms with E-state index in [-0.39, 0.29) is 35.2 Å². The highest BCUT2D eigenvalue weighted by molar-refractivity contribution is 5.63. The van der Waals surface area contributed by atoms with Crippen LogP contribution in [0.4, 0.5) is 13.2 Å². The molecule has 0 radical (unpaired) electrons. The van der Waals surface area contributed by atoms with Gasteiger partial charge in [0.1, 0.15) is 17.2 Å². The first-order valence-corrected chi connectivity index (χ1v) is 13.6. The third-order valence-electron chi connectivity index (χ3n) is 7.24. The molecule has 2 heterocycles. The molecule has 8 nitrogen and oxygen atoms in total. The van der Waals surface area contributed by atoms with Gasteiger partial charge in [-0.05, 0) is 62.3 Å². The molecule has 2 saturated carbocycles. The number of aryl methyl sites for hydroxylation is 1. The maximum Gasteiger partial charge on any atom is 0.281 e. The molecule has 214 valence electrons. The largest absolute Gasteiger partial charge is 0.395 e. The zero-order valence-electron chi connectivity index (χ0n) is 22.9. The Labute approximate surface area is 231 Å². The second-order valence-electron chi connectivity index (χ2n) is 10.5. The summed E-state index contributed by atoms with van der Waals surface area (Å²) in [5.41, 5.74) is 8.28. The Morgan fingerprint density at radius 2 is 1.77 bits per heavy atom. The fourth-order valence-corrected chi connectivity index (χ4v) is 5.04. The van der Waals surface area contributed by atoms with Crippen molar-refractivity contribution in [2.75, 3.05) is 7.05 Å². The summed E-state index contributed by atoms with van der Waals surface area (Å²) in [5.74, 6) is 5.84. The van der Waals surface area contributed by atoms with E-state index in [0.29, 0.717) is 17.2 Å². The van der Waals surface area contributed by atoms with E-state index < -0.39 is 12.1 Å². The van der Waals surface area contributed by atoms with Crippen molar-refractivity contribution in [2.24, 2.45) is 11.6 Å². The monoisotopic (exact) mass is 555 g/mol. The third-order valence-corrected chi connectivity index (χ3v) is 7.24. The van der Waals surface area contributed by atoms with Crippen LogP contribution in [0.5, 0.6) is 0 Å². The first-order valence-electron chi connectivity index (χ1n) is 13.6. The predicted molar refractivity (Wildman–Crippen MR) is 148 cm³/mol. The molecule has 0 atom stereocenters. The smallest absolute Gasteiger partial charge is 0.281 e. The van der Waals surface area contributed by atoms with Crippen LogP contribution in [0.15, 0.2) is 53.2 Å². The highest BCUT2D eigenvalue weighted by atomic mass is 19.3. The first-order chi connectivity index (χ1) is 19.2. The van der Waals surface area contributed by atoms with Crippen molar-refractivity contribution in [3.8, 4) is 0 Å². The van der Waals surface area contributed by atoms with Crippen LogP contribution in [0.3, 0.4) is 0 Å². The molecule has 2 aliphatic carbocycles. The van der Waals surface area contributed by atoms with Crippen molar-refractivity contribution in [1.82, 2.24) is 24.8 Å². The molecule has 4 N–H and O–H groups in total. The van der Waals surface area contributed by atoms with Crippen molar-refractivity contribution >= 4 is 5.70 Å². The van der Waals surface area contributed by atoms with Crippen LogP contribution in [0.1, 0.15) is 85.0 Å². The SMILES string of the molecule is CN(N)/C(=C(\N)c1cc(C2CCCCC2)c(=O)n(Cc2nccnc2C2CC2)n1)C(F)F.Cc1cccc(F)c1. The maximum absolute atomic E-state index is 13.6. The molecule has 0 bridgehead atoms. The summed E-state index contributed by atoms with van der Waals surface area (Å²) >= 11 is 0. The summed E-state index contributed by atoms with van der Waals surface area (Å²) < 4.78 is 40.7. The van der Waals surface area contributed by atoms with Gasteiger partial charge < -0.3 is 10.7 Å². The van der Waals surface area contributed by atoms with Gasteiger partial charge in [-0.2, -0.15) is 5.10 Å². The lowest BCUT2D eigenvalue weighted by atomic mass is 9.84. The zero-order chi connectivity index (χ0) is 28.8. The molecule has 0 amide bonds. The minimum atomic E-state index is -2.88. The van der Waals surface area contributed by atoms with Gasteiger partial charge in [-0.3, -0.25) is 14.8 Å². The Morgan fingerprint density at radius 3 is 2.35 bits per heavy atom. The average Bonchev–Trinajstić information content (AvgIpc) is 3.76. The number of hydrazine groups is 1. The molecule has 11 heteroatoms. The quantitative estimate of drug-likeness (QED) is 0.317.